The van der Waals surface area contributed by atoms with E-state index in [-0.39, 0.29) is 11.2 Å². The lowest BCUT2D eigenvalue weighted by Gasteiger charge is -2.28. The van der Waals surface area contributed by atoms with Gasteiger partial charge in [-0.25, -0.2) is 0 Å². The summed E-state index contributed by atoms with van der Waals surface area (Å²) in [6, 6.07) is 0.238. The maximum absolute atomic E-state index is 12.3. The van der Waals surface area contributed by atoms with Gasteiger partial charge in [0.25, 0.3) is 0 Å². The van der Waals surface area contributed by atoms with Crippen LogP contribution in [0.1, 0.15) is 44.9 Å². The van der Waals surface area contributed by atoms with Crippen LogP contribution >= 0.6 is 11.5 Å². The van der Waals surface area contributed by atoms with E-state index in [9.17, 15) is 13.2 Å². The molecule has 0 aliphatic heterocycles. The van der Waals surface area contributed by atoms with E-state index in [0.29, 0.717) is 0 Å². The Morgan fingerprint density at radius 3 is 2.44 bits per heavy atom. The van der Waals surface area contributed by atoms with E-state index < -0.39 is 12.0 Å². The summed E-state index contributed by atoms with van der Waals surface area (Å²) in [6.07, 6.45) is 1.01. The van der Waals surface area contributed by atoms with E-state index in [4.69, 9.17) is 0 Å². The summed E-state index contributed by atoms with van der Waals surface area (Å²) < 4.78 is 40.3. The van der Waals surface area contributed by atoms with Crippen LogP contribution in [-0.2, 0) is 6.18 Å². The summed E-state index contributed by atoms with van der Waals surface area (Å²) in [5.41, 5.74) is 0. The summed E-state index contributed by atoms with van der Waals surface area (Å²) in [5, 5.41) is 3.34. The van der Waals surface area contributed by atoms with E-state index in [1.54, 1.807) is 0 Å². The molecular weight excluding hydrogens is 263 g/mol. The second-order valence-electron chi connectivity index (χ2n) is 4.69. The van der Waals surface area contributed by atoms with Gasteiger partial charge in [-0.15, -0.1) is 0 Å². The standard InChI is InChI=1S/C11H16F3N3S/c1-2-7-3-5-8(6-4-7)15-10-16-9(17-18-10)11(12,13)14/h7-8H,2-6H2,1H3,(H,15,16,17). The Morgan fingerprint density at radius 1 is 1.28 bits per heavy atom. The van der Waals surface area contributed by atoms with Gasteiger partial charge in [-0.3, -0.25) is 0 Å². The number of rotatable bonds is 3. The highest BCUT2D eigenvalue weighted by atomic mass is 32.1. The van der Waals surface area contributed by atoms with Crippen molar-refractivity contribution < 1.29 is 13.2 Å². The number of nitrogens with one attached hydrogen (secondary N) is 1. The molecule has 0 radical (unpaired) electrons. The molecule has 1 heterocycles. The van der Waals surface area contributed by atoms with E-state index in [2.05, 4.69) is 21.6 Å². The molecule has 0 saturated heterocycles. The average molecular weight is 279 g/mol. The lowest BCUT2D eigenvalue weighted by atomic mass is 9.85. The molecule has 2 rings (SSSR count). The number of halogens is 3. The van der Waals surface area contributed by atoms with E-state index in [1.165, 1.54) is 6.42 Å². The molecule has 1 aliphatic carbocycles. The van der Waals surface area contributed by atoms with Crippen molar-refractivity contribution in [3.05, 3.63) is 5.82 Å². The Hall–Kier alpha value is -0.850. The molecule has 102 valence electrons. The molecule has 18 heavy (non-hydrogen) atoms. The monoisotopic (exact) mass is 279 g/mol. The average Bonchev–Trinajstić information content (AvgIpc) is 2.78. The van der Waals surface area contributed by atoms with E-state index in [1.807, 2.05) is 0 Å². The number of hydrogen-bond donors (Lipinski definition) is 1. The Bertz CT molecular complexity index is 383. The Balaban J connectivity index is 1.89. The number of aromatic nitrogens is 2. The highest BCUT2D eigenvalue weighted by Gasteiger charge is 2.36. The first-order valence-corrected chi connectivity index (χ1v) is 6.93. The fourth-order valence-corrected chi connectivity index (χ4v) is 2.95. The smallest absolute Gasteiger partial charge is 0.358 e. The first-order valence-electron chi connectivity index (χ1n) is 6.16. The predicted molar refractivity (Wildman–Crippen MR) is 64.6 cm³/mol. The van der Waals surface area contributed by atoms with Crippen molar-refractivity contribution in [2.45, 2.75) is 51.2 Å². The third kappa shape index (κ3) is 3.34. The third-order valence-corrected chi connectivity index (χ3v) is 4.08. The predicted octanol–water partition coefficient (Wildman–Crippen LogP) is 3.94. The zero-order valence-electron chi connectivity index (χ0n) is 10.1. The van der Waals surface area contributed by atoms with Gasteiger partial charge in [0.1, 0.15) is 0 Å². The second kappa shape index (κ2) is 5.42. The van der Waals surface area contributed by atoms with Gasteiger partial charge in [-0.05, 0) is 31.6 Å². The van der Waals surface area contributed by atoms with Crippen molar-refractivity contribution in [3.8, 4) is 0 Å². The maximum Gasteiger partial charge on any atom is 0.452 e. The fraction of sp³-hybridized carbons (Fsp3) is 0.818. The van der Waals surface area contributed by atoms with Gasteiger partial charge < -0.3 is 5.32 Å². The zero-order valence-corrected chi connectivity index (χ0v) is 10.9. The third-order valence-electron chi connectivity index (χ3n) is 3.43. The van der Waals surface area contributed by atoms with Crippen LogP contribution in [0.2, 0.25) is 0 Å². The number of alkyl halides is 3. The Kier molecular flexibility index (Phi) is 4.09. The first kappa shape index (κ1) is 13.6. The maximum atomic E-state index is 12.3. The van der Waals surface area contributed by atoms with Gasteiger partial charge >= 0.3 is 6.18 Å². The molecule has 1 aromatic heterocycles. The topological polar surface area (TPSA) is 37.8 Å². The highest BCUT2D eigenvalue weighted by Crippen LogP contribution is 2.31. The van der Waals surface area contributed by atoms with Crippen molar-refractivity contribution in [1.82, 2.24) is 9.36 Å². The van der Waals surface area contributed by atoms with Crippen LogP contribution in [0.4, 0.5) is 18.3 Å². The van der Waals surface area contributed by atoms with Crippen LogP contribution < -0.4 is 5.32 Å². The molecular formula is C11H16F3N3S. The summed E-state index contributed by atoms with van der Waals surface area (Å²) in [5.74, 6) is -0.277. The molecule has 0 bridgehead atoms. The molecule has 0 atom stereocenters. The molecule has 1 aromatic rings. The van der Waals surface area contributed by atoms with Crippen molar-refractivity contribution >= 4 is 16.7 Å². The Labute approximate surface area is 108 Å². The molecule has 0 aromatic carbocycles. The van der Waals surface area contributed by atoms with Gasteiger partial charge in [-0.2, -0.15) is 22.5 Å². The van der Waals surface area contributed by atoms with Crippen LogP contribution in [0, 0.1) is 5.92 Å². The molecule has 1 saturated carbocycles. The second-order valence-corrected chi connectivity index (χ2v) is 5.44. The van der Waals surface area contributed by atoms with Gasteiger partial charge in [0.15, 0.2) is 0 Å². The summed E-state index contributed by atoms with van der Waals surface area (Å²) in [4.78, 5) is 3.49. The van der Waals surface area contributed by atoms with Crippen LogP contribution in [-0.4, -0.2) is 15.4 Å². The molecule has 3 nitrogen and oxygen atoms in total. The number of anilines is 1. The van der Waals surface area contributed by atoms with Gasteiger partial charge in [0.2, 0.25) is 11.0 Å². The van der Waals surface area contributed by atoms with Gasteiger partial charge in [-0.1, -0.05) is 13.3 Å². The van der Waals surface area contributed by atoms with Crippen LogP contribution in [0.5, 0.6) is 0 Å². The van der Waals surface area contributed by atoms with Crippen LogP contribution in [0.15, 0.2) is 0 Å². The van der Waals surface area contributed by atoms with Crippen molar-refractivity contribution in [2.24, 2.45) is 5.92 Å². The molecule has 1 fully saturated rings. The molecule has 1 aliphatic rings. The summed E-state index contributed by atoms with van der Waals surface area (Å²) >= 11 is 0.784. The Morgan fingerprint density at radius 2 is 1.94 bits per heavy atom. The molecule has 1 N–H and O–H groups in total. The van der Waals surface area contributed by atoms with Gasteiger partial charge in [0, 0.05) is 17.6 Å². The minimum Gasteiger partial charge on any atom is -0.358 e. The van der Waals surface area contributed by atoms with Crippen molar-refractivity contribution in [1.29, 1.82) is 0 Å². The zero-order chi connectivity index (χ0) is 13.2. The first-order chi connectivity index (χ1) is 8.49. The number of hydrogen-bond acceptors (Lipinski definition) is 4. The quantitative estimate of drug-likeness (QED) is 0.910. The van der Waals surface area contributed by atoms with E-state index >= 15 is 0 Å². The highest BCUT2D eigenvalue weighted by molar-refractivity contribution is 7.09. The fourth-order valence-electron chi connectivity index (χ4n) is 2.29. The lowest BCUT2D eigenvalue weighted by molar-refractivity contribution is -0.144. The molecule has 0 unspecified atom stereocenters. The normalized spacial score (nSPS) is 25.1. The number of nitrogens with zero attached hydrogens (tertiary/aromatic N) is 2. The molecule has 0 spiro atoms. The largest absolute Gasteiger partial charge is 0.452 e. The minimum atomic E-state index is -4.45. The minimum absolute atomic E-state index is 0.238. The van der Waals surface area contributed by atoms with E-state index in [0.717, 1.165) is 43.1 Å². The molecule has 7 heteroatoms. The van der Waals surface area contributed by atoms with Crippen LogP contribution in [0.3, 0.4) is 0 Å². The van der Waals surface area contributed by atoms with Crippen LogP contribution in [0.25, 0.3) is 0 Å². The summed E-state index contributed by atoms with van der Waals surface area (Å²) in [7, 11) is 0. The SMILES string of the molecule is CCC1CCC(Nc2nc(C(F)(F)F)ns2)CC1. The molecule has 0 amide bonds. The lowest BCUT2D eigenvalue weighted by Crippen LogP contribution is -2.25. The van der Waals surface area contributed by atoms with Crippen molar-refractivity contribution in [3.63, 3.8) is 0 Å². The summed E-state index contributed by atoms with van der Waals surface area (Å²) in [6.45, 7) is 2.18. The van der Waals surface area contributed by atoms with Crippen molar-refractivity contribution in [2.75, 3.05) is 5.32 Å². The van der Waals surface area contributed by atoms with Gasteiger partial charge in [0.05, 0.1) is 0 Å².